The highest BCUT2D eigenvalue weighted by atomic mass is 16.7. The number of carbonyl (C=O) groups is 2. The van der Waals surface area contributed by atoms with Gasteiger partial charge in [0.25, 0.3) is 5.91 Å². The van der Waals surface area contributed by atoms with E-state index in [1.807, 2.05) is 20.8 Å². The van der Waals surface area contributed by atoms with E-state index in [1.165, 1.54) is 19.1 Å². The molecule has 0 spiro atoms. The second-order valence-corrected chi connectivity index (χ2v) is 5.28. The molecule has 1 saturated heterocycles. The van der Waals surface area contributed by atoms with Crippen LogP contribution in [0.15, 0.2) is 0 Å². The standard InChI is InChI=1S/C11H20N2O4/c1-10(2,3)11(8(14)12(4)17-5)6-7-13(11)9(15)16/h6-7H2,1-5H3,(H,15,16)/t11-/m1/s1. The van der Waals surface area contributed by atoms with E-state index in [4.69, 9.17) is 9.94 Å². The molecular weight excluding hydrogens is 224 g/mol. The van der Waals surface area contributed by atoms with Crippen molar-refractivity contribution in [3.8, 4) is 0 Å². The fourth-order valence-electron chi connectivity index (χ4n) is 2.37. The number of likely N-dealkylation sites (N-methyl/N-ethyl adjacent to an activating group) is 1. The van der Waals surface area contributed by atoms with Crippen molar-refractivity contribution in [2.75, 3.05) is 20.7 Å². The van der Waals surface area contributed by atoms with Crippen LogP contribution in [-0.4, -0.2) is 53.3 Å². The molecule has 1 heterocycles. The summed E-state index contributed by atoms with van der Waals surface area (Å²) in [6.07, 6.45) is -0.543. The topological polar surface area (TPSA) is 70.1 Å². The molecule has 0 radical (unpaired) electrons. The lowest BCUT2D eigenvalue weighted by atomic mass is 9.65. The molecule has 1 aliphatic rings. The molecule has 6 heteroatoms. The largest absolute Gasteiger partial charge is 0.465 e. The molecule has 0 aromatic rings. The van der Waals surface area contributed by atoms with Crippen molar-refractivity contribution < 1.29 is 19.5 Å². The van der Waals surface area contributed by atoms with Crippen LogP contribution in [0.5, 0.6) is 0 Å². The van der Waals surface area contributed by atoms with E-state index >= 15 is 0 Å². The van der Waals surface area contributed by atoms with Crippen LogP contribution in [0.1, 0.15) is 27.2 Å². The number of rotatable bonds is 2. The summed E-state index contributed by atoms with van der Waals surface area (Å²) in [7, 11) is 2.88. The lowest BCUT2D eigenvalue weighted by Crippen LogP contribution is -2.74. The molecular formula is C11H20N2O4. The SMILES string of the molecule is CON(C)C(=O)[C@@]1(C(C)(C)C)CCN1C(=O)O. The van der Waals surface area contributed by atoms with Crippen LogP contribution in [0.3, 0.4) is 0 Å². The van der Waals surface area contributed by atoms with Gasteiger partial charge in [-0.2, -0.15) is 0 Å². The van der Waals surface area contributed by atoms with Crippen LogP contribution < -0.4 is 0 Å². The summed E-state index contributed by atoms with van der Waals surface area (Å²) < 4.78 is 0. The number of carboxylic acid groups (broad SMARTS) is 1. The van der Waals surface area contributed by atoms with E-state index in [2.05, 4.69) is 0 Å². The number of nitrogens with zero attached hydrogens (tertiary/aromatic N) is 2. The van der Waals surface area contributed by atoms with Crippen LogP contribution in [0.25, 0.3) is 0 Å². The number of likely N-dealkylation sites (tertiary alicyclic amines) is 1. The van der Waals surface area contributed by atoms with Crippen molar-refractivity contribution in [1.82, 2.24) is 9.96 Å². The normalized spacial score (nSPS) is 24.2. The number of amides is 2. The Bertz CT molecular complexity index is 337. The first kappa shape index (κ1) is 13.8. The molecule has 0 saturated carbocycles. The fourth-order valence-corrected chi connectivity index (χ4v) is 2.37. The molecule has 0 aromatic heterocycles. The summed E-state index contributed by atoms with van der Waals surface area (Å²) in [6, 6.07) is 0. The van der Waals surface area contributed by atoms with E-state index in [0.29, 0.717) is 13.0 Å². The maximum Gasteiger partial charge on any atom is 0.408 e. The second-order valence-electron chi connectivity index (χ2n) is 5.28. The molecule has 17 heavy (non-hydrogen) atoms. The highest BCUT2D eigenvalue weighted by Gasteiger charge is 2.61. The Morgan fingerprint density at radius 1 is 1.41 bits per heavy atom. The van der Waals surface area contributed by atoms with Crippen LogP contribution in [0.2, 0.25) is 0 Å². The van der Waals surface area contributed by atoms with Gasteiger partial charge in [0.15, 0.2) is 0 Å². The first-order chi connectivity index (χ1) is 7.68. The third-order valence-electron chi connectivity index (χ3n) is 3.54. The zero-order chi connectivity index (χ0) is 13.4. The minimum absolute atomic E-state index is 0.318. The van der Waals surface area contributed by atoms with Gasteiger partial charge in [0.2, 0.25) is 0 Å². The van der Waals surface area contributed by atoms with Gasteiger partial charge in [0.1, 0.15) is 5.54 Å². The summed E-state index contributed by atoms with van der Waals surface area (Å²) >= 11 is 0. The maximum absolute atomic E-state index is 12.3. The van der Waals surface area contributed by atoms with Gasteiger partial charge in [-0.3, -0.25) is 14.5 Å². The smallest absolute Gasteiger partial charge is 0.408 e. The molecule has 0 unspecified atom stereocenters. The van der Waals surface area contributed by atoms with Gasteiger partial charge < -0.3 is 5.11 Å². The van der Waals surface area contributed by atoms with Crippen molar-refractivity contribution in [1.29, 1.82) is 0 Å². The van der Waals surface area contributed by atoms with Crippen molar-refractivity contribution in [3.63, 3.8) is 0 Å². The van der Waals surface area contributed by atoms with Crippen molar-refractivity contribution in [2.45, 2.75) is 32.7 Å². The van der Waals surface area contributed by atoms with Crippen molar-refractivity contribution in [2.24, 2.45) is 5.41 Å². The minimum Gasteiger partial charge on any atom is -0.465 e. The Labute approximate surface area is 101 Å². The molecule has 98 valence electrons. The van der Waals surface area contributed by atoms with Crippen LogP contribution in [0, 0.1) is 5.41 Å². The number of hydrogen-bond donors (Lipinski definition) is 1. The third-order valence-corrected chi connectivity index (χ3v) is 3.54. The zero-order valence-corrected chi connectivity index (χ0v) is 11.0. The Morgan fingerprint density at radius 2 is 1.94 bits per heavy atom. The van der Waals surface area contributed by atoms with E-state index in [1.54, 1.807) is 0 Å². The zero-order valence-electron chi connectivity index (χ0n) is 11.0. The van der Waals surface area contributed by atoms with Gasteiger partial charge >= 0.3 is 6.09 Å². The quantitative estimate of drug-likeness (QED) is 0.740. The lowest BCUT2D eigenvalue weighted by Gasteiger charge is -2.57. The second kappa shape index (κ2) is 4.18. The maximum atomic E-state index is 12.3. The summed E-state index contributed by atoms with van der Waals surface area (Å²) in [5, 5.41) is 10.2. The molecule has 1 rings (SSSR count). The van der Waals surface area contributed by atoms with Crippen molar-refractivity contribution in [3.05, 3.63) is 0 Å². The summed E-state index contributed by atoms with van der Waals surface area (Å²) in [5.41, 5.74) is -1.50. The van der Waals surface area contributed by atoms with Crippen LogP contribution in [-0.2, 0) is 9.63 Å². The average Bonchev–Trinajstić information content (AvgIpc) is 2.11. The average molecular weight is 244 g/mol. The molecule has 0 aliphatic carbocycles. The van der Waals surface area contributed by atoms with Gasteiger partial charge in [-0.25, -0.2) is 9.86 Å². The van der Waals surface area contributed by atoms with Gasteiger partial charge in [-0.05, 0) is 11.8 Å². The number of hydroxylamine groups is 2. The van der Waals surface area contributed by atoms with Gasteiger partial charge in [0, 0.05) is 13.6 Å². The van der Waals surface area contributed by atoms with E-state index in [0.717, 1.165) is 5.06 Å². The Kier molecular flexibility index (Phi) is 3.38. The van der Waals surface area contributed by atoms with Gasteiger partial charge in [-0.15, -0.1) is 0 Å². The first-order valence-corrected chi connectivity index (χ1v) is 5.51. The molecule has 1 atom stereocenters. The van der Waals surface area contributed by atoms with Gasteiger partial charge in [0.05, 0.1) is 7.11 Å². The molecule has 0 bridgehead atoms. The number of carbonyl (C=O) groups excluding carboxylic acids is 1. The molecule has 1 aliphatic heterocycles. The van der Waals surface area contributed by atoms with E-state index in [9.17, 15) is 9.59 Å². The van der Waals surface area contributed by atoms with Crippen LogP contribution in [0.4, 0.5) is 4.79 Å². The van der Waals surface area contributed by atoms with E-state index in [-0.39, 0.29) is 5.91 Å². The summed E-state index contributed by atoms with van der Waals surface area (Å²) in [6.45, 7) is 5.98. The molecule has 2 amide bonds. The van der Waals surface area contributed by atoms with Crippen LogP contribution >= 0.6 is 0 Å². The predicted molar refractivity (Wildman–Crippen MR) is 61.3 cm³/mol. The molecule has 0 aromatic carbocycles. The predicted octanol–water partition coefficient (Wildman–Crippen LogP) is 1.17. The summed E-state index contributed by atoms with van der Waals surface area (Å²) in [5.74, 6) is -0.318. The Balaban J connectivity index is 3.14. The van der Waals surface area contributed by atoms with Crippen molar-refractivity contribution >= 4 is 12.0 Å². The molecule has 6 nitrogen and oxygen atoms in total. The highest BCUT2D eigenvalue weighted by molar-refractivity contribution is 5.91. The Morgan fingerprint density at radius 3 is 2.18 bits per heavy atom. The fraction of sp³-hybridized carbons (Fsp3) is 0.818. The molecule has 1 fully saturated rings. The highest BCUT2D eigenvalue weighted by Crippen LogP contribution is 2.46. The summed E-state index contributed by atoms with van der Waals surface area (Å²) in [4.78, 5) is 29.6. The molecule has 1 N–H and O–H groups in total. The number of hydrogen-bond acceptors (Lipinski definition) is 3. The Hall–Kier alpha value is -1.30. The monoisotopic (exact) mass is 244 g/mol. The van der Waals surface area contributed by atoms with E-state index < -0.39 is 17.0 Å². The third kappa shape index (κ3) is 1.86. The minimum atomic E-state index is -1.07. The van der Waals surface area contributed by atoms with Gasteiger partial charge in [-0.1, -0.05) is 20.8 Å². The lowest BCUT2D eigenvalue weighted by molar-refractivity contribution is -0.198. The first-order valence-electron chi connectivity index (χ1n) is 5.51.